The molecule has 1 aliphatic rings. The highest BCUT2D eigenvalue weighted by atomic mass is 15.5. The van der Waals surface area contributed by atoms with Crippen LogP contribution in [-0.2, 0) is 19.5 Å². The number of benzene rings is 1. The van der Waals surface area contributed by atoms with Crippen molar-refractivity contribution in [2.45, 2.75) is 51.7 Å². The Morgan fingerprint density at radius 2 is 2.10 bits per heavy atom. The van der Waals surface area contributed by atoms with Gasteiger partial charge in [-0.05, 0) is 48.7 Å². The molecule has 1 heterocycles. The predicted octanol–water partition coefficient (Wildman–Crippen LogP) is 1.90. The van der Waals surface area contributed by atoms with Gasteiger partial charge in [-0.2, -0.15) is 0 Å². The van der Waals surface area contributed by atoms with Crippen molar-refractivity contribution >= 4 is 0 Å². The fraction of sp³-hybridized carbons (Fsp3) is 0.533. The Balaban J connectivity index is 1.66. The fourth-order valence-electron chi connectivity index (χ4n) is 2.57. The molecule has 0 bridgehead atoms. The van der Waals surface area contributed by atoms with E-state index in [1.807, 2.05) is 4.68 Å². The van der Waals surface area contributed by atoms with Gasteiger partial charge < -0.3 is 5.32 Å². The number of hydrogen-bond donors (Lipinski definition) is 1. The van der Waals surface area contributed by atoms with E-state index in [-0.39, 0.29) is 5.54 Å². The van der Waals surface area contributed by atoms with E-state index in [2.05, 4.69) is 65.9 Å². The van der Waals surface area contributed by atoms with Gasteiger partial charge in [0, 0.05) is 11.5 Å². The first-order valence-electron chi connectivity index (χ1n) is 7.11. The van der Waals surface area contributed by atoms with Gasteiger partial charge in [0.2, 0.25) is 0 Å². The van der Waals surface area contributed by atoms with Gasteiger partial charge in [-0.25, -0.2) is 4.68 Å². The number of nitrogens with zero attached hydrogens (tertiary/aromatic N) is 4. The predicted molar refractivity (Wildman–Crippen MR) is 77.3 cm³/mol. The average molecular weight is 271 g/mol. The molecule has 0 amide bonds. The maximum Gasteiger partial charge on any atom is 0.165 e. The highest BCUT2D eigenvalue weighted by Crippen LogP contribution is 2.35. The number of rotatable bonds is 4. The van der Waals surface area contributed by atoms with E-state index in [4.69, 9.17) is 0 Å². The van der Waals surface area contributed by atoms with E-state index in [0.29, 0.717) is 12.5 Å². The Bertz CT molecular complexity index is 596. The van der Waals surface area contributed by atoms with Crippen molar-refractivity contribution in [2.75, 3.05) is 0 Å². The van der Waals surface area contributed by atoms with Crippen molar-refractivity contribution in [1.29, 1.82) is 0 Å². The Morgan fingerprint density at radius 1 is 1.30 bits per heavy atom. The highest BCUT2D eigenvalue weighted by Gasteiger charge is 2.27. The molecule has 106 valence electrons. The molecule has 1 aliphatic carbocycles. The third-order valence-electron chi connectivity index (χ3n) is 3.74. The third kappa shape index (κ3) is 2.72. The summed E-state index contributed by atoms with van der Waals surface area (Å²) in [6, 6.07) is 8.62. The standard InChI is InChI=1S/C15H21N5/c1-15(2,3)16-9-14-17-18-19-20(14)10-12-8-11-6-4-5-7-13(11)12/h4-7,12,16H,8-10H2,1-3H3. The van der Waals surface area contributed by atoms with Crippen LogP contribution < -0.4 is 5.32 Å². The van der Waals surface area contributed by atoms with E-state index >= 15 is 0 Å². The zero-order valence-corrected chi connectivity index (χ0v) is 12.3. The minimum absolute atomic E-state index is 0.0693. The Morgan fingerprint density at radius 3 is 2.85 bits per heavy atom. The van der Waals surface area contributed by atoms with Crippen molar-refractivity contribution < 1.29 is 0 Å². The van der Waals surface area contributed by atoms with Crippen molar-refractivity contribution in [3.63, 3.8) is 0 Å². The van der Waals surface area contributed by atoms with Gasteiger partial charge >= 0.3 is 0 Å². The van der Waals surface area contributed by atoms with Gasteiger partial charge in [-0.1, -0.05) is 24.3 Å². The maximum absolute atomic E-state index is 4.13. The Kier molecular flexibility index (Phi) is 3.30. The van der Waals surface area contributed by atoms with Crippen LogP contribution in [0.5, 0.6) is 0 Å². The van der Waals surface area contributed by atoms with E-state index in [9.17, 15) is 0 Å². The molecule has 20 heavy (non-hydrogen) atoms. The Hall–Kier alpha value is -1.75. The number of tetrazole rings is 1. The van der Waals surface area contributed by atoms with Crippen molar-refractivity contribution in [3.8, 4) is 0 Å². The molecule has 0 saturated carbocycles. The van der Waals surface area contributed by atoms with Crippen molar-refractivity contribution in [3.05, 3.63) is 41.2 Å². The lowest BCUT2D eigenvalue weighted by atomic mass is 9.78. The first-order valence-corrected chi connectivity index (χ1v) is 7.11. The van der Waals surface area contributed by atoms with Crippen LogP contribution in [0.2, 0.25) is 0 Å². The van der Waals surface area contributed by atoms with Crippen LogP contribution >= 0.6 is 0 Å². The second kappa shape index (κ2) is 4.98. The maximum atomic E-state index is 4.13. The molecule has 0 spiro atoms. The largest absolute Gasteiger partial charge is 0.305 e. The van der Waals surface area contributed by atoms with Crippen LogP contribution in [0, 0.1) is 0 Å². The van der Waals surface area contributed by atoms with Crippen LogP contribution in [-0.4, -0.2) is 25.7 Å². The van der Waals surface area contributed by atoms with Crippen LogP contribution in [0.1, 0.15) is 43.6 Å². The summed E-state index contributed by atoms with van der Waals surface area (Å²) in [6.45, 7) is 7.99. The molecule has 5 heteroatoms. The normalized spacial score (nSPS) is 17.6. The molecule has 5 nitrogen and oxygen atoms in total. The lowest BCUT2D eigenvalue weighted by Crippen LogP contribution is -2.36. The third-order valence-corrected chi connectivity index (χ3v) is 3.74. The minimum atomic E-state index is 0.0693. The molecule has 1 N–H and O–H groups in total. The molecule has 3 rings (SSSR count). The van der Waals surface area contributed by atoms with Crippen LogP contribution in [0.25, 0.3) is 0 Å². The lowest BCUT2D eigenvalue weighted by Gasteiger charge is -2.30. The summed E-state index contributed by atoms with van der Waals surface area (Å²) >= 11 is 0. The number of aromatic nitrogens is 4. The van der Waals surface area contributed by atoms with Gasteiger partial charge in [-0.3, -0.25) is 0 Å². The summed E-state index contributed by atoms with van der Waals surface area (Å²) in [5, 5.41) is 15.5. The summed E-state index contributed by atoms with van der Waals surface area (Å²) in [5.74, 6) is 1.45. The Labute approximate surface area is 119 Å². The molecule has 1 unspecified atom stereocenters. The zero-order chi connectivity index (χ0) is 14.2. The van der Waals surface area contributed by atoms with Crippen molar-refractivity contribution in [1.82, 2.24) is 25.5 Å². The van der Waals surface area contributed by atoms with Gasteiger partial charge in [-0.15, -0.1) is 5.10 Å². The SMILES string of the molecule is CC(C)(C)NCc1nnnn1CC1Cc2ccccc21. The molecule has 1 aromatic carbocycles. The summed E-state index contributed by atoms with van der Waals surface area (Å²) in [7, 11) is 0. The second-order valence-electron chi connectivity index (χ2n) is 6.48. The fourth-order valence-corrected chi connectivity index (χ4v) is 2.57. The van der Waals surface area contributed by atoms with Gasteiger partial charge in [0.05, 0.1) is 13.1 Å². The summed E-state index contributed by atoms with van der Waals surface area (Å²) in [4.78, 5) is 0. The number of hydrogen-bond acceptors (Lipinski definition) is 4. The van der Waals surface area contributed by atoms with E-state index < -0.39 is 0 Å². The zero-order valence-electron chi connectivity index (χ0n) is 12.3. The molecular weight excluding hydrogens is 250 g/mol. The summed E-state index contributed by atoms with van der Waals surface area (Å²) < 4.78 is 1.93. The van der Waals surface area contributed by atoms with E-state index in [1.165, 1.54) is 11.1 Å². The second-order valence-corrected chi connectivity index (χ2v) is 6.48. The lowest BCUT2D eigenvalue weighted by molar-refractivity contribution is 0.396. The van der Waals surface area contributed by atoms with Gasteiger partial charge in [0.1, 0.15) is 0 Å². The average Bonchev–Trinajstić information content (AvgIpc) is 2.80. The smallest absolute Gasteiger partial charge is 0.165 e. The molecule has 0 aliphatic heterocycles. The topological polar surface area (TPSA) is 55.6 Å². The molecule has 0 saturated heterocycles. The first kappa shape index (κ1) is 13.2. The quantitative estimate of drug-likeness (QED) is 0.923. The first-order chi connectivity index (χ1) is 9.53. The highest BCUT2D eigenvalue weighted by molar-refractivity contribution is 5.39. The molecular formula is C15H21N5. The molecule has 1 atom stereocenters. The molecule has 1 aromatic heterocycles. The van der Waals surface area contributed by atoms with Crippen LogP contribution in [0.4, 0.5) is 0 Å². The number of nitrogens with one attached hydrogen (secondary N) is 1. The molecule has 2 aromatic rings. The van der Waals surface area contributed by atoms with Crippen LogP contribution in [0.15, 0.2) is 24.3 Å². The monoisotopic (exact) mass is 271 g/mol. The minimum Gasteiger partial charge on any atom is -0.305 e. The van der Waals surface area contributed by atoms with Gasteiger partial charge in [0.15, 0.2) is 5.82 Å². The van der Waals surface area contributed by atoms with Crippen molar-refractivity contribution in [2.24, 2.45) is 0 Å². The number of fused-ring (bicyclic) bond motifs is 1. The van der Waals surface area contributed by atoms with E-state index in [0.717, 1.165) is 18.8 Å². The molecule has 0 fully saturated rings. The van der Waals surface area contributed by atoms with E-state index in [1.54, 1.807) is 0 Å². The summed E-state index contributed by atoms with van der Waals surface area (Å²) in [6.07, 6.45) is 1.13. The van der Waals surface area contributed by atoms with Gasteiger partial charge in [0.25, 0.3) is 0 Å². The molecule has 0 radical (unpaired) electrons. The summed E-state index contributed by atoms with van der Waals surface area (Å²) in [5.41, 5.74) is 2.97. The van der Waals surface area contributed by atoms with Crippen LogP contribution in [0.3, 0.4) is 0 Å².